The Bertz CT molecular complexity index is 1270. The van der Waals surface area contributed by atoms with Gasteiger partial charge in [-0.25, -0.2) is 9.78 Å². The van der Waals surface area contributed by atoms with Gasteiger partial charge in [0.05, 0.1) is 18.6 Å². The van der Waals surface area contributed by atoms with Gasteiger partial charge in [0.25, 0.3) is 11.5 Å². The van der Waals surface area contributed by atoms with E-state index < -0.39 is 5.97 Å². The first kappa shape index (κ1) is 23.3. The molecule has 0 N–H and O–H groups in total. The first-order chi connectivity index (χ1) is 15.5. The summed E-state index contributed by atoms with van der Waals surface area (Å²) in [5.41, 5.74) is 0.599. The molecule has 0 spiro atoms. The van der Waals surface area contributed by atoms with E-state index in [-0.39, 0.29) is 53.6 Å². The largest absolute Gasteiger partial charge is 0.462 e. The molecule has 3 aromatic heterocycles. The molecule has 0 atom stereocenters. The Morgan fingerprint density at radius 1 is 1.19 bits per heavy atom. The third-order valence-electron chi connectivity index (χ3n) is 5.36. The molecule has 0 saturated heterocycles. The van der Waals surface area contributed by atoms with Crippen LogP contribution in [-0.4, -0.2) is 46.2 Å². The van der Waals surface area contributed by atoms with Gasteiger partial charge < -0.3 is 14.0 Å². The number of nitrogens with zero attached hydrogens (tertiary/aromatic N) is 4. The van der Waals surface area contributed by atoms with Crippen molar-refractivity contribution in [2.75, 3.05) is 20.3 Å². The van der Waals surface area contributed by atoms with Crippen molar-refractivity contribution in [1.82, 2.24) is 14.0 Å². The minimum atomic E-state index is -0.658. The molecule has 0 saturated carbocycles. The van der Waals surface area contributed by atoms with E-state index in [0.29, 0.717) is 24.1 Å². The second kappa shape index (κ2) is 10.3. The van der Waals surface area contributed by atoms with E-state index in [9.17, 15) is 14.4 Å². The molecule has 1 amide bonds. The van der Waals surface area contributed by atoms with Crippen LogP contribution in [-0.2, 0) is 20.8 Å². The van der Waals surface area contributed by atoms with Crippen molar-refractivity contribution < 1.29 is 19.1 Å². The molecule has 0 aliphatic rings. The number of carbonyl (C=O) groups excluding carboxylic acids is 2. The van der Waals surface area contributed by atoms with Crippen molar-refractivity contribution in [2.24, 2.45) is 10.9 Å². The predicted octanol–water partition coefficient (Wildman–Crippen LogP) is 2.34. The molecule has 0 aliphatic carbocycles. The van der Waals surface area contributed by atoms with Gasteiger partial charge in [-0.05, 0) is 38.0 Å². The standard InChI is InChI=1S/C23H28N4O5/c1-5-15(6-2)21(28)25-20-17(23(30)32-7-3)14-16-19(27(20)12-13-31-4)24-18-10-8-9-11-26(18)22(16)29/h8-11,14-15H,5-7,12-13H2,1-4H3. The molecular formula is C23H28N4O5. The molecule has 0 aliphatic heterocycles. The zero-order valence-electron chi connectivity index (χ0n) is 18.8. The monoisotopic (exact) mass is 440 g/mol. The van der Waals surface area contributed by atoms with Crippen LogP contribution in [0.25, 0.3) is 16.7 Å². The highest BCUT2D eigenvalue weighted by atomic mass is 16.5. The maximum Gasteiger partial charge on any atom is 0.341 e. The molecule has 0 aromatic carbocycles. The number of methoxy groups -OCH3 is 1. The van der Waals surface area contributed by atoms with E-state index >= 15 is 0 Å². The third-order valence-corrected chi connectivity index (χ3v) is 5.36. The van der Waals surface area contributed by atoms with Crippen LogP contribution in [0.1, 0.15) is 44.0 Å². The summed E-state index contributed by atoms with van der Waals surface area (Å²) in [5, 5.41) is 0.224. The summed E-state index contributed by atoms with van der Waals surface area (Å²) in [7, 11) is 1.54. The maximum atomic E-state index is 13.2. The zero-order chi connectivity index (χ0) is 23.3. The summed E-state index contributed by atoms with van der Waals surface area (Å²) < 4.78 is 13.5. The Hall–Kier alpha value is -3.33. The number of fused-ring (bicyclic) bond motifs is 2. The Morgan fingerprint density at radius 3 is 2.59 bits per heavy atom. The molecule has 9 heteroatoms. The van der Waals surface area contributed by atoms with Crippen LogP contribution in [0.4, 0.5) is 0 Å². The Morgan fingerprint density at radius 2 is 1.94 bits per heavy atom. The van der Waals surface area contributed by atoms with Gasteiger partial charge >= 0.3 is 5.97 Å². The third kappa shape index (κ3) is 4.47. The SMILES string of the molecule is CCOC(=O)c1cc2c(=O)n3ccccc3nc2n(CCOC)c1=NC(=O)C(CC)CC. The van der Waals surface area contributed by atoms with Gasteiger partial charge in [-0.2, -0.15) is 4.99 Å². The topological polar surface area (TPSA) is 104 Å². The number of ether oxygens (including phenoxy) is 2. The molecule has 0 fully saturated rings. The number of pyridine rings is 2. The number of hydrogen-bond acceptors (Lipinski definition) is 6. The van der Waals surface area contributed by atoms with E-state index in [1.807, 2.05) is 13.8 Å². The van der Waals surface area contributed by atoms with Gasteiger partial charge in [-0.1, -0.05) is 19.9 Å². The molecule has 0 radical (unpaired) electrons. The smallest absolute Gasteiger partial charge is 0.341 e. The summed E-state index contributed by atoms with van der Waals surface area (Å²) in [5.74, 6) is -1.26. The quantitative estimate of drug-likeness (QED) is 0.393. The average Bonchev–Trinajstić information content (AvgIpc) is 2.79. The molecule has 3 heterocycles. The van der Waals surface area contributed by atoms with Crippen molar-refractivity contribution in [2.45, 2.75) is 40.2 Å². The van der Waals surface area contributed by atoms with Crippen molar-refractivity contribution in [3.05, 3.63) is 51.9 Å². The lowest BCUT2D eigenvalue weighted by Gasteiger charge is -2.15. The minimum absolute atomic E-state index is 0.0459. The minimum Gasteiger partial charge on any atom is -0.462 e. The number of carbonyl (C=O) groups is 2. The van der Waals surface area contributed by atoms with Gasteiger partial charge in [-0.15, -0.1) is 0 Å². The normalized spacial score (nSPS) is 12.1. The lowest BCUT2D eigenvalue weighted by atomic mass is 10.0. The van der Waals surface area contributed by atoms with Crippen molar-refractivity contribution >= 4 is 28.6 Å². The van der Waals surface area contributed by atoms with Crippen LogP contribution in [0.2, 0.25) is 0 Å². The van der Waals surface area contributed by atoms with E-state index in [0.717, 1.165) is 0 Å². The Kier molecular flexibility index (Phi) is 7.53. The lowest BCUT2D eigenvalue weighted by Crippen LogP contribution is -2.34. The predicted molar refractivity (Wildman–Crippen MR) is 119 cm³/mol. The van der Waals surface area contributed by atoms with E-state index in [2.05, 4.69) is 9.98 Å². The highest BCUT2D eigenvalue weighted by Gasteiger charge is 2.21. The van der Waals surface area contributed by atoms with Crippen LogP contribution in [0.3, 0.4) is 0 Å². The zero-order valence-corrected chi connectivity index (χ0v) is 18.8. The second-order valence-corrected chi connectivity index (χ2v) is 7.29. The van der Waals surface area contributed by atoms with Crippen LogP contribution < -0.4 is 11.0 Å². The molecule has 3 rings (SSSR count). The van der Waals surface area contributed by atoms with E-state index in [1.54, 1.807) is 43.0 Å². The number of aromatic nitrogens is 3. The molecular weight excluding hydrogens is 412 g/mol. The van der Waals surface area contributed by atoms with Crippen LogP contribution >= 0.6 is 0 Å². The highest BCUT2D eigenvalue weighted by molar-refractivity contribution is 5.93. The molecule has 170 valence electrons. The maximum absolute atomic E-state index is 13.2. The first-order valence-corrected chi connectivity index (χ1v) is 10.8. The number of esters is 1. The van der Waals surface area contributed by atoms with Gasteiger partial charge in [0.1, 0.15) is 16.9 Å². The lowest BCUT2D eigenvalue weighted by molar-refractivity contribution is -0.122. The Labute approximate surface area is 185 Å². The number of hydrogen-bond donors (Lipinski definition) is 0. The van der Waals surface area contributed by atoms with Gasteiger partial charge in [0.15, 0.2) is 5.49 Å². The second-order valence-electron chi connectivity index (χ2n) is 7.29. The van der Waals surface area contributed by atoms with Gasteiger partial charge in [0, 0.05) is 25.8 Å². The van der Waals surface area contributed by atoms with Crippen molar-refractivity contribution in [1.29, 1.82) is 0 Å². The molecule has 3 aromatic rings. The average molecular weight is 441 g/mol. The van der Waals surface area contributed by atoms with Crippen molar-refractivity contribution in [3.8, 4) is 0 Å². The molecule has 0 bridgehead atoms. The summed E-state index contributed by atoms with van der Waals surface area (Å²) in [4.78, 5) is 47.9. The van der Waals surface area contributed by atoms with Crippen molar-refractivity contribution in [3.63, 3.8) is 0 Å². The first-order valence-electron chi connectivity index (χ1n) is 10.8. The molecule has 32 heavy (non-hydrogen) atoms. The summed E-state index contributed by atoms with van der Waals surface area (Å²) in [6, 6.07) is 6.64. The van der Waals surface area contributed by atoms with Crippen LogP contribution in [0, 0.1) is 5.92 Å². The van der Waals surface area contributed by atoms with E-state index in [4.69, 9.17) is 9.47 Å². The van der Waals surface area contributed by atoms with Crippen LogP contribution in [0.5, 0.6) is 0 Å². The summed E-state index contributed by atoms with van der Waals surface area (Å²) in [6.07, 6.45) is 2.87. The van der Waals surface area contributed by atoms with Gasteiger partial charge in [-0.3, -0.25) is 14.0 Å². The fourth-order valence-corrected chi connectivity index (χ4v) is 3.59. The summed E-state index contributed by atoms with van der Waals surface area (Å²) >= 11 is 0. The highest BCUT2D eigenvalue weighted by Crippen LogP contribution is 2.13. The van der Waals surface area contributed by atoms with E-state index in [1.165, 1.54) is 10.5 Å². The summed E-state index contributed by atoms with van der Waals surface area (Å²) in [6.45, 7) is 6.18. The Balaban J connectivity index is 2.47. The molecule has 9 nitrogen and oxygen atoms in total. The van der Waals surface area contributed by atoms with Crippen LogP contribution in [0.15, 0.2) is 40.2 Å². The van der Waals surface area contributed by atoms with Gasteiger partial charge in [0.2, 0.25) is 0 Å². The fraction of sp³-hybridized carbons (Fsp3) is 0.435. The fourth-order valence-electron chi connectivity index (χ4n) is 3.59. The number of rotatable bonds is 8. The molecule has 0 unspecified atom stereocenters. The number of amides is 1.